The van der Waals surface area contributed by atoms with Gasteiger partial charge in [-0.15, -0.1) is 0 Å². The Hall–Kier alpha value is -0.980. The first kappa shape index (κ1) is 17.1. The summed E-state index contributed by atoms with van der Waals surface area (Å²) >= 11 is 0. The molecule has 0 bridgehead atoms. The molecule has 0 radical (unpaired) electrons. The van der Waals surface area contributed by atoms with E-state index in [2.05, 4.69) is 65.2 Å². The summed E-state index contributed by atoms with van der Waals surface area (Å²) in [5.74, 6) is 0.670. The number of nitrogens with zero attached hydrogens (tertiary/aromatic N) is 1. The van der Waals surface area contributed by atoms with Crippen LogP contribution in [0.1, 0.15) is 60.8 Å². The summed E-state index contributed by atoms with van der Waals surface area (Å²) < 4.78 is 0. The molecule has 1 nitrogen and oxygen atoms in total. The third-order valence-corrected chi connectivity index (χ3v) is 4.22. The third kappa shape index (κ3) is 4.85. The molecule has 1 rings (SSSR count). The number of piperidine rings is 1. The molecule has 0 unspecified atom stereocenters. The monoisotopic (exact) mass is 275 g/mol. The molecule has 0 N–H and O–H groups in total. The van der Waals surface area contributed by atoms with E-state index in [4.69, 9.17) is 0 Å². The Kier molecular flexibility index (Phi) is 6.10. The Morgan fingerprint density at radius 2 is 1.80 bits per heavy atom. The molecule has 20 heavy (non-hydrogen) atoms. The van der Waals surface area contributed by atoms with Crippen molar-refractivity contribution in [3.05, 3.63) is 35.6 Å². The van der Waals surface area contributed by atoms with Crippen molar-refractivity contribution in [2.45, 2.75) is 60.8 Å². The molecule has 0 aliphatic carbocycles. The summed E-state index contributed by atoms with van der Waals surface area (Å²) in [5.41, 5.74) is 4.57. The van der Waals surface area contributed by atoms with E-state index in [0.29, 0.717) is 11.3 Å². The van der Waals surface area contributed by atoms with E-state index in [1.807, 2.05) is 0 Å². The molecule has 0 aromatic heterocycles. The smallest absolute Gasteiger partial charge is 0.0398 e. The number of hydrogen-bond donors (Lipinski definition) is 0. The molecule has 1 heterocycles. The molecule has 0 saturated carbocycles. The van der Waals surface area contributed by atoms with E-state index in [9.17, 15) is 0 Å². The average molecular weight is 275 g/mol. The summed E-state index contributed by atoms with van der Waals surface area (Å²) in [6.07, 6.45) is 8.12. The van der Waals surface area contributed by atoms with Gasteiger partial charge in [0.25, 0.3) is 0 Å². The maximum absolute atomic E-state index is 4.22. The molecule has 0 amide bonds. The Bertz CT molecular complexity index is 386. The van der Waals surface area contributed by atoms with E-state index < -0.39 is 0 Å². The molecule has 0 atom stereocenters. The largest absolute Gasteiger partial charge is 0.371 e. The van der Waals surface area contributed by atoms with Crippen molar-refractivity contribution >= 4 is 0 Å². The van der Waals surface area contributed by atoms with Crippen LogP contribution in [0.4, 0.5) is 0 Å². The van der Waals surface area contributed by atoms with E-state index in [1.165, 1.54) is 42.8 Å². The lowest BCUT2D eigenvalue weighted by Gasteiger charge is -2.40. The van der Waals surface area contributed by atoms with Crippen molar-refractivity contribution in [3.8, 4) is 0 Å². The maximum Gasteiger partial charge on any atom is 0.0398 e. The van der Waals surface area contributed by atoms with Crippen molar-refractivity contribution in [2.75, 3.05) is 13.1 Å². The summed E-state index contributed by atoms with van der Waals surface area (Å²) in [6, 6.07) is 0. The first-order valence-electron chi connectivity index (χ1n) is 8.03. The van der Waals surface area contributed by atoms with Gasteiger partial charge in [0.2, 0.25) is 0 Å². The molecule has 0 aromatic carbocycles. The summed E-state index contributed by atoms with van der Waals surface area (Å²) in [4.78, 5) is 2.57. The second-order valence-corrected chi connectivity index (χ2v) is 7.39. The van der Waals surface area contributed by atoms with Crippen LogP contribution in [0.25, 0.3) is 0 Å². The van der Waals surface area contributed by atoms with Crippen LogP contribution in [0.3, 0.4) is 0 Å². The highest BCUT2D eigenvalue weighted by atomic mass is 15.1. The van der Waals surface area contributed by atoms with Crippen LogP contribution in [0.2, 0.25) is 0 Å². The Labute approximate surface area is 126 Å². The zero-order valence-electron chi connectivity index (χ0n) is 14.4. The molecular formula is C19H33N. The fourth-order valence-corrected chi connectivity index (χ4v) is 2.81. The molecule has 114 valence electrons. The quantitative estimate of drug-likeness (QED) is 0.594. The lowest BCUT2D eigenvalue weighted by atomic mass is 9.82. The summed E-state index contributed by atoms with van der Waals surface area (Å²) in [5, 5.41) is 0. The SMILES string of the molecule is C=C(C)/C(CC(C)C)=C(\C=CC)N1CCC(C)(C)CC1. The van der Waals surface area contributed by atoms with Gasteiger partial charge in [-0.3, -0.25) is 0 Å². The van der Waals surface area contributed by atoms with Crippen molar-refractivity contribution in [3.63, 3.8) is 0 Å². The predicted octanol–water partition coefficient (Wildman–Crippen LogP) is 5.56. The van der Waals surface area contributed by atoms with Crippen LogP contribution in [0, 0.1) is 11.3 Å². The lowest BCUT2D eigenvalue weighted by Crippen LogP contribution is -2.37. The zero-order chi connectivity index (χ0) is 15.3. The summed E-state index contributed by atoms with van der Waals surface area (Å²) in [7, 11) is 0. The molecule has 1 aliphatic rings. The van der Waals surface area contributed by atoms with E-state index >= 15 is 0 Å². The van der Waals surface area contributed by atoms with Gasteiger partial charge in [0.1, 0.15) is 0 Å². The molecule has 0 aromatic rings. The molecule has 1 heteroatoms. The average Bonchev–Trinajstić information content (AvgIpc) is 2.33. The van der Waals surface area contributed by atoms with Gasteiger partial charge in [0.05, 0.1) is 0 Å². The second-order valence-electron chi connectivity index (χ2n) is 7.39. The van der Waals surface area contributed by atoms with Gasteiger partial charge in [-0.1, -0.05) is 45.9 Å². The van der Waals surface area contributed by atoms with Crippen LogP contribution < -0.4 is 0 Å². The topological polar surface area (TPSA) is 3.24 Å². The van der Waals surface area contributed by atoms with Crippen molar-refractivity contribution in [2.24, 2.45) is 11.3 Å². The molecule has 1 fully saturated rings. The molecule has 1 saturated heterocycles. The van der Waals surface area contributed by atoms with Gasteiger partial charge in [0, 0.05) is 18.8 Å². The highest BCUT2D eigenvalue weighted by Gasteiger charge is 2.26. The Balaban J connectivity index is 3.05. The van der Waals surface area contributed by atoms with Crippen LogP contribution >= 0.6 is 0 Å². The normalized spacial score (nSPS) is 20.4. The van der Waals surface area contributed by atoms with Gasteiger partial charge in [-0.2, -0.15) is 0 Å². The van der Waals surface area contributed by atoms with Gasteiger partial charge in [-0.25, -0.2) is 0 Å². The van der Waals surface area contributed by atoms with E-state index in [1.54, 1.807) is 0 Å². The Morgan fingerprint density at radius 1 is 1.25 bits per heavy atom. The minimum Gasteiger partial charge on any atom is -0.371 e. The highest BCUT2D eigenvalue weighted by Crippen LogP contribution is 2.33. The van der Waals surface area contributed by atoms with Gasteiger partial charge in [0.15, 0.2) is 0 Å². The van der Waals surface area contributed by atoms with Crippen molar-refractivity contribution in [1.82, 2.24) is 4.90 Å². The van der Waals surface area contributed by atoms with Gasteiger partial charge in [-0.05, 0) is 56.1 Å². The second kappa shape index (κ2) is 7.15. The maximum atomic E-state index is 4.22. The van der Waals surface area contributed by atoms with E-state index in [0.717, 1.165) is 6.42 Å². The van der Waals surface area contributed by atoms with Gasteiger partial charge >= 0.3 is 0 Å². The van der Waals surface area contributed by atoms with Crippen LogP contribution in [-0.4, -0.2) is 18.0 Å². The van der Waals surface area contributed by atoms with Crippen LogP contribution in [0.5, 0.6) is 0 Å². The standard InChI is InChI=1S/C19H33N/c1-8-9-18(17(16(4)5)14-15(2)3)20-12-10-19(6,7)11-13-20/h8-9,15H,4,10-14H2,1-3,5-7H3/b9-8?,18-17+. The minimum atomic E-state index is 0.499. The first-order chi connectivity index (χ1) is 9.26. The molecule has 0 spiro atoms. The highest BCUT2D eigenvalue weighted by molar-refractivity contribution is 5.37. The van der Waals surface area contributed by atoms with Crippen molar-refractivity contribution < 1.29 is 0 Å². The third-order valence-electron chi connectivity index (χ3n) is 4.22. The molecular weight excluding hydrogens is 242 g/mol. The Morgan fingerprint density at radius 3 is 2.20 bits per heavy atom. The predicted molar refractivity (Wildman–Crippen MR) is 90.7 cm³/mol. The number of hydrogen-bond acceptors (Lipinski definition) is 1. The van der Waals surface area contributed by atoms with Crippen LogP contribution in [-0.2, 0) is 0 Å². The first-order valence-corrected chi connectivity index (χ1v) is 8.03. The number of allylic oxidation sites excluding steroid dienone is 4. The fraction of sp³-hybridized carbons (Fsp3) is 0.684. The minimum absolute atomic E-state index is 0.499. The van der Waals surface area contributed by atoms with Crippen molar-refractivity contribution in [1.29, 1.82) is 0 Å². The molecule has 1 aliphatic heterocycles. The number of likely N-dealkylation sites (tertiary alicyclic amines) is 1. The lowest BCUT2D eigenvalue weighted by molar-refractivity contribution is 0.164. The zero-order valence-corrected chi connectivity index (χ0v) is 14.4. The number of rotatable bonds is 5. The van der Waals surface area contributed by atoms with E-state index in [-0.39, 0.29) is 0 Å². The summed E-state index contributed by atoms with van der Waals surface area (Å²) in [6.45, 7) is 20.2. The fourth-order valence-electron chi connectivity index (χ4n) is 2.81. The van der Waals surface area contributed by atoms with Crippen LogP contribution in [0.15, 0.2) is 35.6 Å². The van der Waals surface area contributed by atoms with Gasteiger partial charge < -0.3 is 4.90 Å².